The van der Waals surface area contributed by atoms with Gasteiger partial charge >= 0.3 is 0 Å². The molecule has 0 unspecified atom stereocenters. The van der Waals surface area contributed by atoms with Crippen molar-refractivity contribution in [2.75, 3.05) is 24.3 Å². The topological polar surface area (TPSA) is 82.9 Å². The maximum absolute atomic E-state index is 13.8. The normalized spacial score (nSPS) is 9.81. The molecule has 0 radical (unpaired) electrons. The average molecular weight is 287 g/mol. The zero-order valence-electron chi connectivity index (χ0n) is 11.6. The van der Waals surface area contributed by atoms with E-state index in [2.05, 4.69) is 20.6 Å². The fourth-order valence-corrected chi connectivity index (χ4v) is 1.74. The monoisotopic (exact) mass is 287 g/mol. The fraction of sp³-hybridized carbons (Fsp3) is 0.214. The summed E-state index contributed by atoms with van der Waals surface area (Å²) in [6, 6.07) is 6.99. The van der Waals surface area contributed by atoms with Crippen molar-refractivity contribution >= 4 is 17.5 Å². The lowest BCUT2D eigenvalue weighted by Crippen LogP contribution is -2.07. The number of nitriles is 1. The minimum atomic E-state index is -0.619. The molecule has 0 saturated carbocycles. The molecule has 0 aliphatic heterocycles. The van der Waals surface area contributed by atoms with Crippen LogP contribution in [0, 0.1) is 17.1 Å². The molecule has 108 valence electrons. The van der Waals surface area contributed by atoms with Crippen molar-refractivity contribution in [3.63, 3.8) is 0 Å². The molecule has 21 heavy (non-hydrogen) atoms. The van der Waals surface area contributed by atoms with Crippen LogP contribution in [0.25, 0.3) is 0 Å². The second-order valence-corrected chi connectivity index (χ2v) is 4.04. The van der Waals surface area contributed by atoms with E-state index in [1.807, 2.05) is 13.0 Å². The fourth-order valence-electron chi connectivity index (χ4n) is 1.74. The Kier molecular flexibility index (Phi) is 4.51. The molecule has 0 aliphatic rings. The molecular weight excluding hydrogens is 273 g/mol. The van der Waals surface area contributed by atoms with Gasteiger partial charge in [0.2, 0.25) is 5.95 Å². The van der Waals surface area contributed by atoms with Crippen LogP contribution in [-0.4, -0.2) is 23.6 Å². The van der Waals surface area contributed by atoms with Gasteiger partial charge in [0.15, 0.2) is 11.6 Å². The summed E-state index contributed by atoms with van der Waals surface area (Å²) in [5, 5.41) is 14.8. The summed E-state index contributed by atoms with van der Waals surface area (Å²) in [7, 11) is 1.47. The van der Waals surface area contributed by atoms with Crippen LogP contribution in [0.1, 0.15) is 12.5 Å². The standard InChI is InChI=1S/C14H14FN5O/c1-3-17-14-18-8-10(15)13(20-14)19-12-9(7-16)5-4-6-11(12)21-2/h4-6,8H,3H2,1-2H3,(H2,17,18,19,20). The Hall–Kier alpha value is -2.88. The third-order valence-electron chi connectivity index (χ3n) is 2.69. The molecule has 1 aromatic heterocycles. The number of para-hydroxylation sites is 1. The van der Waals surface area contributed by atoms with E-state index in [0.29, 0.717) is 29.5 Å². The highest BCUT2D eigenvalue weighted by molar-refractivity contribution is 5.72. The Balaban J connectivity index is 2.42. The van der Waals surface area contributed by atoms with Crippen LogP contribution in [0.4, 0.5) is 21.8 Å². The first-order chi connectivity index (χ1) is 10.2. The molecular formula is C14H14FN5O. The van der Waals surface area contributed by atoms with E-state index in [1.165, 1.54) is 7.11 Å². The summed E-state index contributed by atoms with van der Waals surface area (Å²) in [5.74, 6) is 0.0836. The summed E-state index contributed by atoms with van der Waals surface area (Å²) in [6.45, 7) is 2.50. The van der Waals surface area contributed by atoms with Crippen LogP contribution < -0.4 is 15.4 Å². The maximum atomic E-state index is 13.8. The van der Waals surface area contributed by atoms with E-state index >= 15 is 0 Å². The highest BCUT2D eigenvalue weighted by Gasteiger charge is 2.13. The number of ether oxygens (including phenoxy) is 1. The lowest BCUT2D eigenvalue weighted by molar-refractivity contribution is 0.416. The van der Waals surface area contributed by atoms with Crippen LogP contribution in [0.15, 0.2) is 24.4 Å². The van der Waals surface area contributed by atoms with E-state index in [1.54, 1.807) is 18.2 Å². The predicted octanol–water partition coefficient (Wildman–Crippen LogP) is 2.67. The quantitative estimate of drug-likeness (QED) is 0.879. The van der Waals surface area contributed by atoms with Gasteiger partial charge in [-0.25, -0.2) is 9.37 Å². The number of methoxy groups -OCH3 is 1. The Morgan fingerprint density at radius 2 is 2.24 bits per heavy atom. The molecule has 1 aromatic carbocycles. The van der Waals surface area contributed by atoms with Crippen LogP contribution in [0.5, 0.6) is 5.75 Å². The van der Waals surface area contributed by atoms with Gasteiger partial charge in [0.1, 0.15) is 17.5 Å². The van der Waals surface area contributed by atoms with Gasteiger partial charge in [-0.2, -0.15) is 10.2 Å². The first-order valence-corrected chi connectivity index (χ1v) is 6.30. The van der Waals surface area contributed by atoms with Gasteiger partial charge in [-0.15, -0.1) is 0 Å². The van der Waals surface area contributed by atoms with Crippen LogP contribution in [0.3, 0.4) is 0 Å². The van der Waals surface area contributed by atoms with E-state index in [4.69, 9.17) is 10.00 Å². The number of rotatable bonds is 5. The largest absolute Gasteiger partial charge is 0.495 e. The van der Waals surface area contributed by atoms with Gasteiger partial charge in [-0.3, -0.25) is 0 Å². The Bertz CT molecular complexity index is 684. The summed E-state index contributed by atoms with van der Waals surface area (Å²) >= 11 is 0. The van der Waals surface area contributed by atoms with Crippen molar-refractivity contribution < 1.29 is 9.13 Å². The number of aromatic nitrogens is 2. The van der Waals surface area contributed by atoms with Crippen molar-refractivity contribution in [2.24, 2.45) is 0 Å². The van der Waals surface area contributed by atoms with Crippen molar-refractivity contribution in [3.8, 4) is 11.8 Å². The summed E-state index contributed by atoms with van der Waals surface area (Å²) < 4.78 is 19.0. The summed E-state index contributed by atoms with van der Waals surface area (Å²) in [6.07, 6.45) is 1.06. The van der Waals surface area contributed by atoms with E-state index in [9.17, 15) is 4.39 Å². The van der Waals surface area contributed by atoms with Gasteiger partial charge in [-0.1, -0.05) is 6.07 Å². The van der Waals surface area contributed by atoms with Gasteiger partial charge in [0.05, 0.1) is 18.9 Å². The molecule has 0 amide bonds. The van der Waals surface area contributed by atoms with Gasteiger partial charge in [-0.05, 0) is 19.1 Å². The number of benzene rings is 1. The Morgan fingerprint density at radius 1 is 1.43 bits per heavy atom. The lowest BCUT2D eigenvalue weighted by Gasteiger charge is -2.13. The number of nitrogens with one attached hydrogen (secondary N) is 2. The zero-order valence-corrected chi connectivity index (χ0v) is 11.6. The molecule has 7 heteroatoms. The lowest BCUT2D eigenvalue weighted by atomic mass is 10.2. The molecule has 2 N–H and O–H groups in total. The third kappa shape index (κ3) is 3.17. The Morgan fingerprint density at radius 3 is 2.90 bits per heavy atom. The summed E-state index contributed by atoms with van der Waals surface area (Å²) in [4.78, 5) is 7.86. The van der Waals surface area contributed by atoms with Gasteiger partial charge in [0, 0.05) is 6.54 Å². The molecule has 0 saturated heterocycles. The number of hydrogen-bond donors (Lipinski definition) is 2. The number of hydrogen-bond acceptors (Lipinski definition) is 6. The predicted molar refractivity (Wildman–Crippen MR) is 77.1 cm³/mol. The van der Waals surface area contributed by atoms with E-state index in [0.717, 1.165) is 6.20 Å². The number of halogens is 1. The molecule has 0 aliphatic carbocycles. The highest BCUT2D eigenvalue weighted by atomic mass is 19.1. The minimum absolute atomic E-state index is 0.0260. The first-order valence-electron chi connectivity index (χ1n) is 6.30. The second-order valence-electron chi connectivity index (χ2n) is 4.04. The van der Waals surface area contributed by atoms with Crippen molar-refractivity contribution in [1.29, 1.82) is 5.26 Å². The average Bonchev–Trinajstić information content (AvgIpc) is 2.51. The SMILES string of the molecule is CCNc1ncc(F)c(Nc2c(C#N)cccc2OC)n1. The van der Waals surface area contributed by atoms with Crippen LogP contribution >= 0.6 is 0 Å². The van der Waals surface area contributed by atoms with Crippen LogP contribution in [-0.2, 0) is 0 Å². The van der Waals surface area contributed by atoms with Crippen molar-refractivity contribution in [1.82, 2.24) is 9.97 Å². The van der Waals surface area contributed by atoms with Crippen LogP contribution in [0.2, 0.25) is 0 Å². The molecule has 0 atom stereocenters. The van der Waals surface area contributed by atoms with Gasteiger partial charge in [0.25, 0.3) is 0 Å². The maximum Gasteiger partial charge on any atom is 0.224 e. The number of nitrogens with zero attached hydrogens (tertiary/aromatic N) is 3. The van der Waals surface area contributed by atoms with Crippen molar-refractivity contribution in [2.45, 2.75) is 6.92 Å². The molecule has 0 bridgehead atoms. The smallest absolute Gasteiger partial charge is 0.224 e. The number of anilines is 3. The molecule has 2 aromatic rings. The van der Waals surface area contributed by atoms with Gasteiger partial charge < -0.3 is 15.4 Å². The van der Waals surface area contributed by atoms with Crippen molar-refractivity contribution in [3.05, 3.63) is 35.8 Å². The van der Waals surface area contributed by atoms with E-state index < -0.39 is 5.82 Å². The molecule has 0 spiro atoms. The summed E-state index contributed by atoms with van der Waals surface area (Å²) in [5.41, 5.74) is 0.694. The molecule has 1 heterocycles. The third-order valence-corrected chi connectivity index (χ3v) is 2.69. The first kappa shape index (κ1) is 14.5. The van der Waals surface area contributed by atoms with E-state index in [-0.39, 0.29) is 5.82 Å². The molecule has 2 rings (SSSR count). The Labute approximate surface area is 121 Å². The minimum Gasteiger partial charge on any atom is -0.495 e. The highest BCUT2D eigenvalue weighted by Crippen LogP contribution is 2.31. The zero-order chi connectivity index (χ0) is 15.2. The molecule has 6 nitrogen and oxygen atoms in total. The molecule has 0 fully saturated rings. The second kappa shape index (κ2) is 6.52.